The number of halogens is 6. The van der Waals surface area contributed by atoms with E-state index in [0.29, 0.717) is 35.9 Å². The number of likely N-dealkylation sites (tertiary alicyclic amines) is 2. The molecule has 0 radical (unpaired) electrons. The maximum atomic E-state index is 14.2. The van der Waals surface area contributed by atoms with Gasteiger partial charge in [0.25, 0.3) is 11.8 Å². The molecular weight excluding hydrogens is 931 g/mol. The Balaban J connectivity index is 0.754. The van der Waals surface area contributed by atoms with Crippen molar-refractivity contribution in [3.8, 4) is 33.6 Å². The lowest BCUT2D eigenvalue weighted by Gasteiger charge is -2.33. The fourth-order valence-electron chi connectivity index (χ4n) is 13.3. The number of nitrogens with one attached hydrogen (secondary N) is 4. The van der Waals surface area contributed by atoms with Gasteiger partial charge in [0.15, 0.2) is 0 Å². The van der Waals surface area contributed by atoms with Crippen molar-refractivity contribution in [3.05, 3.63) is 69.5 Å². The van der Waals surface area contributed by atoms with Crippen molar-refractivity contribution < 1.29 is 47.0 Å². The van der Waals surface area contributed by atoms with Gasteiger partial charge < -0.3 is 40.6 Å². The molecule has 6 N–H and O–H groups in total. The van der Waals surface area contributed by atoms with E-state index in [-0.39, 0.29) is 59.9 Å². The first-order valence-corrected chi connectivity index (χ1v) is 24.2. The van der Waals surface area contributed by atoms with E-state index in [2.05, 4.69) is 20.6 Å². The zero-order valence-electron chi connectivity index (χ0n) is 36.8. The maximum absolute atomic E-state index is 14.2. The Kier molecular flexibility index (Phi) is 9.73. The maximum Gasteiger partial charge on any atom is 0.405 e. The van der Waals surface area contributed by atoms with Gasteiger partial charge >= 0.3 is 12.2 Å². The lowest BCUT2D eigenvalue weighted by Crippen LogP contribution is -2.52. The highest BCUT2D eigenvalue weighted by molar-refractivity contribution is 6.32. The topological polar surface area (TPSA) is 197 Å². The van der Waals surface area contributed by atoms with Gasteiger partial charge in [0.05, 0.1) is 12.1 Å². The molecule has 4 amide bonds. The molecule has 12 rings (SSSR count). The van der Waals surface area contributed by atoms with Crippen LogP contribution in [0, 0.1) is 61.2 Å². The number of rotatable bonds is 11. The van der Waals surface area contributed by atoms with Crippen LogP contribution in [0.15, 0.2) is 36.4 Å². The molecule has 2 aliphatic heterocycles. The lowest BCUT2D eigenvalue weighted by molar-refractivity contribution is -0.138. The van der Waals surface area contributed by atoms with Crippen LogP contribution >= 0.6 is 23.2 Å². The minimum Gasteiger partial charge on any atom is -0.465 e. The van der Waals surface area contributed by atoms with Crippen molar-refractivity contribution in [1.29, 1.82) is 0 Å². The number of aromatic amines is 2. The summed E-state index contributed by atoms with van der Waals surface area (Å²) >= 11 is 13.7. The first-order chi connectivity index (χ1) is 32.3. The minimum atomic E-state index is -2.75. The van der Waals surface area contributed by atoms with Crippen LogP contribution in [0.2, 0.25) is 10.3 Å². The van der Waals surface area contributed by atoms with E-state index in [1.54, 1.807) is 9.80 Å². The van der Waals surface area contributed by atoms with Gasteiger partial charge in [0, 0.05) is 46.9 Å². The normalized spacial score (nSPS) is 31.9. The molecule has 6 saturated carbocycles. The summed E-state index contributed by atoms with van der Waals surface area (Å²) in [6.45, 7) is 3.98. The van der Waals surface area contributed by atoms with Gasteiger partial charge in [0.2, 0.25) is 11.8 Å². The number of benzene rings is 2. The van der Waals surface area contributed by atoms with Crippen LogP contribution in [0.5, 0.6) is 0 Å². The molecule has 6 aliphatic carbocycles. The predicted molar refractivity (Wildman–Crippen MR) is 238 cm³/mol. The van der Waals surface area contributed by atoms with Crippen molar-refractivity contribution in [2.45, 2.75) is 113 Å². The Morgan fingerprint density at radius 3 is 1.47 bits per heavy atom. The molecular formula is C48H48Cl2F4N8O6. The predicted octanol–water partition coefficient (Wildman–Crippen LogP) is 9.24. The second-order valence-electron chi connectivity index (χ2n) is 20.8. The number of hydrogen-bond acceptors (Lipinski definition) is 6. The van der Waals surface area contributed by atoms with Gasteiger partial charge in [-0.05, 0) is 111 Å². The highest BCUT2D eigenvalue weighted by Gasteiger charge is 2.74. The third-order valence-electron chi connectivity index (χ3n) is 17.2. The van der Waals surface area contributed by atoms with Crippen LogP contribution in [0.25, 0.3) is 33.6 Å². The molecule has 8 fully saturated rings. The van der Waals surface area contributed by atoms with Gasteiger partial charge in [-0.2, -0.15) is 0 Å². The second kappa shape index (κ2) is 15.1. The van der Waals surface area contributed by atoms with Crippen molar-refractivity contribution >= 4 is 47.2 Å². The van der Waals surface area contributed by atoms with E-state index in [9.17, 15) is 47.0 Å². The smallest absolute Gasteiger partial charge is 0.405 e. The fourth-order valence-corrected chi connectivity index (χ4v) is 13.7. The molecule has 358 valence electrons. The van der Waals surface area contributed by atoms with E-state index in [1.807, 2.05) is 50.2 Å². The zero-order valence-corrected chi connectivity index (χ0v) is 38.3. The molecule has 8 aliphatic rings. The lowest BCUT2D eigenvalue weighted by atomic mass is 9.92. The number of imidazole rings is 2. The number of amides is 4. The SMILES string of the molecule is Cc1c(-c2ccc(-c3nc(C4CC5CC5N4C(=O)[C@H](NC(=O)O)C4C[C@@H]5[C@@H](C4)C5(F)F)[nH]c3Cl)cc2)ccc(-c2nc(C3CC4CC4N3C(=O)[C@H](NC(=O)O)C3C[C@@H]4[C@@H](C3)C4(F)F)[nH]c2Cl)c1C. The highest BCUT2D eigenvalue weighted by atomic mass is 35.5. The average molecular weight is 980 g/mol. The molecule has 14 nitrogen and oxygen atoms in total. The largest absolute Gasteiger partial charge is 0.465 e. The summed E-state index contributed by atoms with van der Waals surface area (Å²) in [4.78, 5) is 71.7. The summed E-state index contributed by atoms with van der Waals surface area (Å²) in [6.07, 6.45) is 0.435. The fraction of sp³-hybridized carbons (Fsp3) is 0.542. The number of alkyl halides is 4. The molecule has 2 aromatic heterocycles. The molecule has 4 aromatic rings. The Bertz CT molecular complexity index is 2800. The van der Waals surface area contributed by atoms with Gasteiger partial charge in [-0.3, -0.25) is 9.59 Å². The van der Waals surface area contributed by atoms with Crippen molar-refractivity contribution in [2.75, 3.05) is 0 Å². The molecule has 0 spiro atoms. The van der Waals surface area contributed by atoms with Gasteiger partial charge in [-0.1, -0.05) is 59.6 Å². The number of carboxylic acid groups (broad SMARTS) is 2. The van der Waals surface area contributed by atoms with Gasteiger partial charge in [-0.15, -0.1) is 0 Å². The number of H-pyrrole nitrogens is 2. The summed E-state index contributed by atoms with van der Waals surface area (Å²) in [6, 6.07) is 8.26. The third-order valence-corrected chi connectivity index (χ3v) is 17.8. The van der Waals surface area contributed by atoms with Crippen LogP contribution in [0.4, 0.5) is 27.2 Å². The third kappa shape index (κ3) is 6.84. The van der Waals surface area contributed by atoms with Crippen molar-refractivity contribution in [1.82, 2.24) is 40.4 Å². The number of hydrogen-bond donors (Lipinski definition) is 6. The summed E-state index contributed by atoms with van der Waals surface area (Å²) in [7, 11) is 0. The van der Waals surface area contributed by atoms with Gasteiger partial charge in [-0.25, -0.2) is 37.1 Å². The number of carbonyl (C=O) groups excluding carboxylic acids is 2. The Labute approximate surface area is 396 Å². The average Bonchev–Trinajstić information content (AvgIpc) is 4.03. The van der Waals surface area contributed by atoms with E-state index in [0.717, 1.165) is 46.2 Å². The first-order valence-electron chi connectivity index (χ1n) is 23.4. The van der Waals surface area contributed by atoms with E-state index < -0.39 is 95.5 Å². The molecule has 6 unspecified atom stereocenters. The first kappa shape index (κ1) is 43.9. The molecule has 0 bridgehead atoms. The van der Waals surface area contributed by atoms with E-state index in [1.165, 1.54) is 0 Å². The molecule has 4 heterocycles. The van der Waals surface area contributed by atoms with Crippen LogP contribution < -0.4 is 10.6 Å². The minimum absolute atomic E-state index is 0.0872. The Hall–Kier alpha value is -5.36. The summed E-state index contributed by atoms with van der Waals surface area (Å²) in [5.41, 5.74) is 6.27. The summed E-state index contributed by atoms with van der Waals surface area (Å²) in [5.74, 6) is -9.19. The second-order valence-corrected chi connectivity index (χ2v) is 21.5. The standard InChI is InChI=1S/C48H48Cl2F4N8O6/c1-17-18(2)26(38-40(50)60-42(56-38)34-16-22-14-32(22)62(34)44(64)37(58-46(67)68)24-11-29-30(12-24)48(29,53)54)8-7-25(17)19-3-5-20(6-4-19)35-39(49)59-41(55-35)33-15-21-13-31(21)61(33)43(63)36(57-45(65)66)23-9-27-28(10-23)47(27,51)52/h3-8,21-24,27-34,36-37,57-58H,9-16H2,1-2H3,(H,55,59)(H,56,60)(H,65,66)(H,67,68)/t21?,22?,27-,28-,29-,30-,31?,32?,33?,34?,36-,37-/m1/s1. The van der Waals surface area contributed by atoms with Crippen LogP contribution in [-0.2, 0) is 9.59 Å². The Morgan fingerprint density at radius 2 is 1.01 bits per heavy atom. The van der Waals surface area contributed by atoms with Crippen LogP contribution in [0.3, 0.4) is 0 Å². The number of piperidine rings is 2. The monoisotopic (exact) mass is 978 g/mol. The number of aromatic nitrogens is 4. The molecule has 68 heavy (non-hydrogen) atoms. The van der Waals surface area contributed by atoms with Crippen molar-refractivity contribution in [2.24, 2.45) is 47.3 Å². The number of fused-ring (bicyclic) bond motifs is 4. The molecule has 2 saturated heterocycles. The summed E-state index contributed by atoms with van der Waals surface area (Å²) in [5, 5.41) is 24.6. The van der Waals surface area contributed by atoms with Crippen molar-refractivity contribution in [3.63, 3.8) is 0 Å². The van der Waals surface area contributed by atoms with Crippen LogP contribution in [-0.4, -0.2) is 100.0 Å². The quantitative estimate of drug-likeness (QED) is 0.0800. The van der Waals surface area contributed by atoms with Crippen LogP contribution in [0.1, 0.15) is 86.2 Å². The molecule has 20 heteroatoms. The zero-order chi connectivity index (χ0) is 47.6. The van der Waals surface area contributed by atoms with Gasteiger partial charge in [0.1, 0.15) is 45.4 Å². The van der Waals surface area contributed by atoms with E-state index >= 15 is 0 Å². The number of carbonyl (C=O) groups is 4. The highest BCUT2D eigenvalue weighted by Crippen LogP contribution is 2.67. The summed E-state index contributed by atoms with van der Waals surface area (Å²) < 4.78 is 56.3. The molecule has 2 aromatic carbocycles. The Morgan fingerprint density at radius 1 is 0.618 bits per heavy atom. The van der Waals surface area contributed by atoms with E-state index in [4.69, 9.17) is 33.2 Å². The number of nitrogens with zero attached hydrogens (tertiary/aromatic N) is 4. The molecule has 12 atom stereocenters.